The molecule has 3 N–H and O–H groups in total. The van der Waals surface area contributed by atoms with Crippen LogP contribution in [-0.2, 0) is 6.54 Å². The van der Waals surface area contributed by atoms with Crippen molar-refractivity contribution in [3.63, 3.8) is 0 Å². The average Bonchev–Trinajstić information content (AvgIpc) is 2.46. The van der Waals surface area contributed by atoms with E-state index in [9.17, 15) is 0 Å². The normalized spacial score (nSPS) is 10.8. The average molecular weight is 226 g/mol. The molecule has 0 spiro atoms. The second-order valence-electron chi connectivity index (χ2n) is 2.59. The second-order valence-corrected chi connectivity index (χ2v) is 3.50. The number of aromatic amines is 1. The first-order chi connectivity index (χ1) is 5.79. The van der Waals surface area contributed by atoms with Crippen molar-refractivity contribution in [2.45, 2.75) is 6.54 Å². The minimum atomic E-state index is 0.522. The third-order valence-electron chi connectivity index (χ3n) is 1.71. The van der Waals surface area contributed by atoms with Crippen molar-refractivity contribution >= 4 is 27.0 Å². The van der Waals surface area contributed by atoms with Crippen LogP contribution >= 0.6 is 15.9 Å². The highest BCUT2D eigenvalue weighted by Gasteiger charge is 1.99. The van der Waals surface area contributed by atoms with E-state index in [4.69, 9.17) is 5.73 Å². The summed E-state index contributed by atoms with van der Waals surface area (Å²) in [7, 11) is 0. The lowest BCUT2D eigenvalue weighted by Gasteiger charge is -1.88. The van der Waals surface area contributed by atoms with Gasteiger partial charge in [0.25, 0.3) is 0 Å². The molecule has 62 valence electrons. The Morgan fingerprint density at radius 2 is 2.33 bits per heavy atom. The molecule has 2 aromatic rings. The Labute approximate surface area is 78.1 Å². The predicted molar refractivity (Wildman–Crippen MR) is 51.7 cm³/mol. The zero-order chi connectivity index (χ0) is 8.55. The van der Waals surface area contributed by atoms with Crippen molar-refractivity contribution in [3.8, 4) is 0 Å². The molecule has 0 aromatic carbocycles. The summed E-state index contributed by atoms with van der Waals surface area (Å²) in [5.41, 5.74) is 8.47. The van der Waals surface area contributed by atoms with Crippen LogP contribution < -0.4 is 5.73 Å². The number of hydrogen-bond acceptors (Lipinski definition) is 2. The Hall–Kier alpha value is -0.870. The van der Waals surface area contributed by atoms with Crippen molar-refractivity contribution in [2.24, 2.45) is 5.73 Å². The van der Waals surface area contributed by atoms with Gasteiger partial charge >= 0.3 is 0 Å². The summed E-state index contributed by atoms with van der Waals surface area (Å²) in [5.74, 6) is 0. The molecule has 0 fully saturated rings. The molecule has 2 heterocycles. The van der Waals surface area contributed by atoms with E-state index in [0.717, 1.165) is 21.2 Å². The third-order valence-corrected chi connectivity index (χ3v) is 2.14. The van der Waals surface area contributed by atoms with Gasteiger partial charge in [0.05, 0.1) is 11.0 Å². The molecule has 0 aliphatic carbocycles. The van der Waals surface area contributed by atoms with Crippen molar-refractivity contribution in [3.05, 3.63) is 28.5 Å². The summed E-state index contributed by atoms with van der Waals surface area (Å²) in [6.07, 6.45) is 1.77. The maximum absolute atomic E-state index is 5.48. The summed E-state index contributed by atoms with van der Waals surface area (Å²) in [6.45, 7) is 0.522. The standard InChI is InChI=1S/C8H8BrN3/c9-5-1-8-7(11-4-5)2-6(3-10)12-8/h1-2,4,12H,3,10H2. The van der Waals surface area contributed by atoms with Crippen molar-refractivity contribution in [1.82, 2.24) is 9.97 Å². The van der Waals surface area contributed by atoms with E-state index in [1.54, 1.807) is 6.20 Å². The number of rotatable bonds is 1. The molecule has 2 rings (SSSR count). The molecule has 0 saturated carbocycles. The lowest BCUT2D eigenvalue weighted by atomic mass is 10.4. The quantitative estimate of drug-likeness (QED) is 0.778. The molecule has 4 heteroatoms. The topological polar surface area (TPSA) is 54.7 Å². The van der Waals surface area contributed by atoms with Gasteiger partial charge in [-0.15, -0.1) is 0 Å². The first-order valence-corrected chi connectivity index (χ1v) is 4.42. The van der Waals surface area contributed by atoms with Gasteiger partial charge in [-0.3, -0.25) is 4.98 Å². The minimum absolute atomic E-state index is 0.522. The zero-order valence-electron chi connectivity index (χ0n) is 6.34. The molecule has 3 nitrogen and oxygen atoms in total. The van der Waals surface area contributed by atoms with E-state index in [2.05, 4.69) is 25.9 Å². The van der Waals surface area contributed by atoms with Crippen LogP contribution in [0.15, 0.2) is 22.8 Å². The zero-order valence-corrected chi connectivity index (χ0v) is 7.93. The summed E-state index contributed by atoms with van der Waals surface area (Å²) >= 11 is 3.35. The molecule has 0 atom stereocenters. The van der Waals surface area contributed by atoms with Gasteiger partial charge in [0.1, 0.15) is 0 Å². The van der Waals surface area contributed by atoms with Crippen LogP contribution in [0.4, 0.5) is 0 Å². The lowest BCUT2D eigenvalue weighted by molar-refractivity contribution is 1.02. The van der Waals surface area contributed by atoms with Crippen LogP contribution in [0, 0.1) is 0 Å². The van der Waals surface area contributed by atoms with Gasteiger partial charge in [0.15, 0.2) is 0 Å². The molecule has 0 unspecified atom stereocenters. The van der Waals surface area contributed by atoms with Gasteiger partial charge in [-0.2, -0.15) is 0 Å². The summed E-state index contributed by atoms with van der Waals surface area (Å²) in [6, 6.07) is 3.95. The summed E-state index contributed by atoms with van der Waals surface area (Å²) in [5, 5.41) is 0. The van der Waals surface area contributed by atoms with Gasteiger partial charge in [0, 0.05) is 22.9 Å². The predicted octanol–water partition coefficient (Wildman–Crippen LogP) is 1.78. The van der Waals surface area contributed by atoms with Gasteiger partial charge < -0.3 is 10.7 Å². The van der Waals surface area contributed by atoms with Gasteiger partial charge in [-0.05, 0) is 28.1 Å². The number of nitrogens with two attached hydrogens (primary N) is 1. The Kier molecular flexibility index (Phi) is 1.86. The second kappa shape index (κ2) is 2.88. The SMILES string of the molecule is NCc1cc2ncc(Br)cc2[nH]1. The molecule has 0 radical (unpaired) electrons. The van der Waals surface area contributed by atoms with Crippen molar-refractivity contribution < 1.29 is 0 Å². The maximum Gasteiger partial charge on any atom is 0.0883 e. The van der Waals surface area contributed by atoms with Crippen molar-refractivity contribution in [2.75, 3.05) is 0 Å². The van der Waals surface area contributed by atoms with Crippen LogP contribution in [0.2, 0.25) is 0 Å². The van der Waals surface area contributed by atoms with E-state index < -0.39 is 0 Å². The Balaban J connectivity index is 2.67. The lowest BCUT2D eigenvalue weighted by Crippen LogP contribution is -1.94. The molecule has 0 saturated heterocycles. The Bertz CT molecular complexity index is 408. The first-order valence-electron chi connectivity index (χ1n) is 3.63. The maximum atomic E-state index is 5.48. The Morgan fingerprint density at radius 3 is 3.08 bits per heavy atom. The van der Waals surface area contributed by atoms with E-state index in [0.29, 0.717) is 6.54 Å². The number of nitrogens with zero attached hydrogens (tertiary/aromatic N) is 1. The van der Waals surface area contributed by atoms with E-state index in [-0.39, 0.29) is 0 Å². The van der Waals surface area contributed by atoms with Gasteiger partial charge in [-0.1, -0.05) is 0 Å². The molecule has 2 aromatic heterocycles. The molecular formula is C8H8BrN3. The number of hydrogen-bond donors (Lipinski definition) is 2. The number of nitrogens with one attached hydrogen (secondary N) is 1. The summed E-state index contributed by atoms with van der Waals surface area (Å²) < 4.78 is 0.973. The number of halogens is 1. The first kappa shape index (κ1) is 7.76. The van der Waals surface area contributed by atoms with Crippen LogP contribution in [-0.4, -0.2) is 9.97 Å². The monoisotopic (exact) mass is 225 g/mol. The van der Waals surface area contributed by atoms with Crippen LogP contribution in [0.25, 0.3) is 11.0 Å². The fraction of sp³-hybridized carbons (Fsp3) is 0.125. The number of H-pyrrole nitrogens is 1. The Morgan fingerprint density at radius 1 is 1.50 bits per heavy atom. The molecule has 0 aliphatic heterocycles. The fourth-order valence-corrected chi connectivity index (χ4v) is 1.48. The van der Waals surface area contributed by atoms with E-state index >= 15 is 0 Å². The number of aromatic nitrogens is 2. The molecule has 0 bridgehead atoms. The number of pyridine rings is 1. The van der Waals surface area contributed by atoms with Crippen molar-refractivity contribution in [1.29, 1.82) is 0 Å². The van der Waals surface area contributed by atoms with E-state index in [1.165, 1.54) is 0 Å². The van der Waals surface area contributed by atoms with Gasteiger partial charge in [0.2, 0.25) is 0 Å². The third kappa shape index (κ3) is 1.23. The van der Waals surface area contributed by atoms with E-state index in [1.807, 2.05) is 12.1 Å². The smallest absolute Gasteiger partial charge is 0.0883 e. The minimum Gasteiger partial charge on any atom is -0.356 e. The molecular weight excluding hydrogens is 218 g/mol. The molecule has 0 amide bonds. The fourth-order valence-electron chi connectivity index (χ4n) is 1.15. The highest BCUT2D eigenvalue weighted by atomic mass is 79.9. The van der Waals surface area contributed by atoms with Gasteiger partial charge in [-0.25, -0.2) is 0 Å². The highest BCUT2D eigenvalue weighted by molar-refractivity contribution is 9.10. The molecule has 12 heavy (non-hydrogen) atoms. The van der Waals surface area contributed by atoms with Crippen LogP contribution in [0.3, 0.4) is 0 Å². The highest BCUT2D eigenvalue weighted by Crippen LogP contribution is 2.17. The largest absolute Gasteiger partial charge is 0.356 e. The molecule has 0 aliphatic rings. The summed E-state index contributed by atoms with van der Waals surface area (Å²) in [4.78, 5) is 7.38. The number of fused-ring (bicyclic) bond motifs is 1. The van der Waals surface area contributed by atoms with Crippen LogP contribution in [0.5, 0.6) is 0 Å². The van der Waals surface area contributed by atoms with Crippen LogP contribution in [0.1, 0.15) is 5.69 Å².